The number of furan rings is 1. The van der Waals surface area contributed by atoms with Gasteiger partial charge in [-0.15, -0.1) is 0 Å². The molecule has 7 aromatic carbocycles. The Labute approximate surface area is 263 Å². The van der Waals surface area contributed by atoms with Crippen LogP contribution in [0.25, 0.3) is 55.0 Å². The van der Waals surface area contributed by atoms with Crippen LogP contribution in [0.15, 0.2) is 156 Å². The Kier molecular flexibility index (Phi) is 5.68. The Morgan fingerprint density at radius 1 is 0.489 bits per heavy atom. The van der Waals surface area contributed by atoms with Gasteiger partial charge in [0.05, 0.1) is 5.69 Å². The number of fused-ring (bicyclic) bond motifs is 8. The topological polar surface area (TPSA) is 16.4 Å². The summed E-state index contributed by atoms with van der Waals surface area (Å²) in [6.07, 6.45) is 0. The lowest BCUT2D eigenvalue weighted by Crippen LogP contribution is -2.49. The van der Waals surface area contributed by atoms with Gasteiger partial charge >= 0.3 is 0 Å². The SMILES string of the molecule is C[Si]1(C)c2cc(N(c3ccccc3)c3ccc(-c4ccccc4)c4ccccc34)ccc2-c2c1ccc1c2oc2ccccc21. The zero-order valence-corrected chi connectivity index (χ0v) is 26.3. The highest BCUT2D eigenvalue weighted by molar-refractivity contribution is 7.04. The van der Waals surface area contributed by atoms with Crippen LogP contribution in [0, 0.1) is 0 Å². The second-order valence-electron chi connectivity index (χ2n) is 12.5. The van der Waals surface area contributed by atoms with Gasteiger partial charge in [0.15, 0.2) is 0 Å². The van der Waals surface area contributed by atoms with E-state index < -0.39 is 8.07 Å². The van der Waals surface area contributed by atoms with Gasteiger partial charge in [-0.05, 0) is 68.8 Å². The maximum Gasteiger partial charge on any atom is 0.143 e. The Hall–Kier alpha value is -5.38. The lowest BCUT2D eigenvalue weighted by molar-refractivity contribution is 0.670. The summed E-state index contributed by atoms with van der Waals surface area (Å²) in [6, 6.07) is 55.0. The fourth-order valence-electron chi connectivity index (χ4n) is 7.48. The van der Waals surface area contributed by atoms with Crippen molar-refractivity contribution in [3.63, 3.8) is 0 Å². The number of hydrogen-bond donors (Lipinski definition) is 0. The fourth-order valence-corrected chi connectivity index (χ4v) is 10.5. The molecule has 0 fully saturated rings. The zero-order valence-electron chi connectivity index (χ0n) is 25.3. The highest BCUT2D eigenvalue weighted by Gasteiger charge is 2.40. The van der Waals surface area contributed by atoms with E-state index in [1.807, 2.05) is 0 Å². The summed E-state index contributed by atoms with van der Waals surface area (Å²) >= 11 is 0. The van der Waals surface area contributed by atoms with Gasteiger partial charge in [0.2, 0.25) is 0 Å². The second kappa shape index (κ2) is 9.81. The van der Waals surface area contributed by atoms with Crippen molar-refractivity contribution in [1.29, 1.82) is 0 Å². The molecule has 45 heavy (non-hydrogen) atoms. The van der Waals surface area contributed by atoms with Gasteiger partial charge in [-0.2, -0.15) is 0 Å². The Morgan fingerprint density at radius 2 is 1.16 bits per heavy atom. The number of benzene rings is 7. The maximum atomic E-state index is 6.57. The number of hydrogen-bond acceptors (Lipinski definition) is 2. The van der Waals surface area contributed by atoms with Crippen LogP contribution >= 0.6 is 0 Å². The molecule has 9 rings (SSSR count). The minimum Gasteiger partial charge on any atom is -0.455 e. The van der Waals surface area contributed by atoms with Crippen molar-refractivity contribution < 1.29 is 4.42 Å². The fraction of sp³-hybridized carbons (Fsp3) is 0.0476. The summed E-state index contributed by atoms with van der Waals surface area (Å²) < 4.78 is 6.57. The molecule has 0 saturated heterocycles. The van der Waals surface area contributed by atoms with Gasteiger partial charge in [-0.3, -0.25) is 0 Å². The van der Waals surface area contributed by atoms with Gasteiger partial charge in [0.1, 0.15) is 19.2 Å². The maximum absolute atomic E-state index is 6.57. The summed E-state index contributed by atoms with van der Waals surface area (Å²) in [4.78, 5) is 2.43. The molecule has 8 aromatic rings. The average Bonchev–Trinajstić information content (AvgIpc) is 3.58. The van der Waals surface area contributed by atoms with Crippen LogP contribution < -0.4 is 15.3 Å². The van der Waals surface area contributed by atoms with Crippen LogP contribution in [0.3, 0.4) is 0 Å². The standard InChI is InChI=1S/C42H31NOSi/c1-45(2)39-26-24-35-34-19-11-12-20-38(34)44-42(35)41(39)36-22-21-30(27-40(36)45)43(29-15-7-4-8-16-29)37-25-23-31(28-13-5-3-6-14-28)32-17-9-10-18-33(32)37/h3-27H,1-2H3. The smallest absolute Gasteiger partial charge is 0.143 e. The zero-order chi connectivity index (χ0) is 30.1. The Bertz CT molecular complexity index is 2410. The van der Waals surface area contributed by atoms with E-state index in [4.69, 9.17) is 4.42 Å². The van der Waals surface area contributed by atoms with E-state index >= 15 is 0 Å². The molecule has 0 N–H and O–H groups in total. The molecular weight excluding hydrogens is 563 g/mol. The van der Waals surface area contributed by atoms with Gasteiger partial charge in [-0.25, -0.2) is 0 Å². The summed E-state index contributed by atoms with van der Waals surface area (Å²) in [5.41, 5.74) is 10.5. The molecule has 0 aliphatic carbocycles. The Morgan fingerprint density at radius 3 is 1.96 bits per heavy atom. The van der Waals surface area contributed by atoms with Crippen LogP contribution in [-0.4, -0.2) is 8.07 Å². The van der Waals surface area contributed by atoms with Crippen molar-refractivity contribution in [2.75, 3.05) is 4.90 Å². The van der Waals surface area contributed by atoms with E-state index in [2.05, 4.69) is 170 Å². The molecule has 0 unspecified atom stereocenters. The Balaban J connectivity index is 1.27. The van der Waals surface area contributed by atoms with Crippen LogP contribution in [0.1, 0.15) is 0 Å². The number of rotatable bonds is 4. The lowest BCUT2D eigenvalue weighted by Gasteiger charge is -2.29. The predicted molar refractivity (Wildman–Crippen MR) is 194 cm³/mol. The van der Waals surface area contributed by atoms with Gasteiger partial charge in [-0.1, -0.05) is 128 Å². The quantitative estimate of drug-likeness (QED) is 0.189. The molecule has 0 amide bonds. The molecule has 0 spiro atoms. The van der Waals surface area contributed by atoms with E-state index in [-0.39, 0.29) is 0 Å². The highest BCUT2D eigenvalue weighted by Crippen LogP contribution is 2.44. The highest BCUT2D eigenvalue weighted by atomic mass is 28.3. The second-order valence-corrected chi connectivity index (χ2v) is 16.9. The van der Waals surface area contributed by atoms with E-state index in [1.165, 1.54) is 65.5 Å². The minimum absolute atomic E-state index is 0.950. The van der Waals surface area contributed by atoms with Crippen LogP contribution in [-0.2, 0) is 0 Å². The molecule has 2 nitrogen and oxygen atoms in total. The monoisotopic (exact) mass is 593 g/mol. The molecule has 2 heterocycles. The minimum atomic E-state index is -2.02. The average molecular weight is 594 g/mol. The van der Waals surface area contributed by atoms with Crippen molar-refractivity contribution in [2.24, 2.45) is 0 Å². The van der Waals surface area contributed by atoms with Crippen LogP contribution in [0.5, 0.6) is 0 Å². The normalized spacial score (nSPS) is 13.3. The first-order chi connectivity index (χ1) is 22.1. The van der Waals surface area contributed by atoms with Crippen molar-refractivity contribution in [3.05, 3.63) is 152 Å². The molecule has 0 radical (unpaired) electrons. The van der Waals surface area contributed by atoms with E-state index in [0.29, 0.717) is 0 Å². The van der Waals surface area contributed by atoms with Gasteiger partial charge in [0.25, 0.3) is 0 Å². The number of anilines is 3. The number of para-hydroxylation sites is 2. The molecule has 214 valence electrons. The van der Waals surface area contributed by atoms with Crippen molar-refractivity contribution in [3.8, 4) is 22.3 Å². The third kappa shape index (κ3) is 3.87. The molecule has 0 bridgehead atoms. The first kappa shape index (κ1) is 26.1. The van der Waals surface area contributed by atoms with E-state index in [1.54, 1.807) is 0 Å². The molecular formula is C42H31NOSi. The molecule has 1 aliphatic heterocycles. The van der Waals surface area contributed by atoms with Crippen molar-refractivity contribution in [2.45, 2.75) is 13.1 Å². The molecule has 3 heteroatoms. The molecule has 0 saturated carbocycles. The van der Waals surface area contributed by atoms with Crippen LogP contribution in [0.2, 0.25) is 13.1 Å². The first-order valence-electron chi connectivity index (χ1n) is 15.6. The van der Waals surface area contributed by atoms with Crippen molar-refractivity contribution >= 4 is 68.2 Å². The summed E-state index contributed by atoms with van der Waals surface area (Å²) in [7, 11) is -2.02. The molecule has 0 atom stereocenters. The molecule has 1 aliphatic rings. The van der Waals surface area contributed by atoms with Crippen LogP contribution in [0.4, 0.5) is 17.1 Å². The predicted octanol–water partition coefficient (Wildman–Crippen LogP) is 10.7. The largest absolute Gasteiger partial charge is 0.455 e. The van der Waals surface area contributed by atoms with Gasteiger partial charge in [0, 0.05) is 33.1 Å². The lowest BCUT2D eigenvalue weighted by atomic mass is 9.96. The van der Waals surface area contributed by atoms with Crippen molar-refractivity contribution in [1.82, 2.24) is 0 Å². The van der Waals surface area contributed by atoms with E-state index in [9.17, 15) is 0 Å². The molecule has 1 aromatic heterocycles. The summed E-state index contributed by atoms with van der Waals surface area (Å²) in [6.45, 7) is 4.96. The summed E-state index contributed by atoms with van der Waals surface area (Å²) in [5, 5.41) is 7.76. The summed E-state index contributed by atoms with van der Waals surface area (Å²) in [5.74, 6) is 0. The number of nitrogens with zero attached hydrogens (tertiary/aromatic N) is 1. The van der Waals surface area contributed by atoms with E-state index in [0.717, 1.165) is 16.9 Å². The first-order valence-corrected chi connectivity index (χ1v) is 18.6. The van der Waals surface area contributed by atoms with Gasteiger partial charge < -0.3 is 9.32 Å². The third-order valence-corrected chi connectivity index (χ3v) is 13.2. The third-order valence-electron chi connectivity index (χ3n) is 9.67.